The van der Waals surface area contributed by atoms with Gasteiger partial charge in [0.05, 0.1) is 25.4 Å². The van der Waals surface area contributed by atoms with E-state index in [2.05, 4.69) is 61.7 Å². The van der Waals surface area contributed by atoms with Crippen molar-refractivity contribution in [2.24, 2.45) is 0 Å². The van der Waals surface area contributed by atoms with Crippen LogP contribution in [0.5, 0.6) is 0 Å². The molecule has 0 spiro atoms. The average molecular weight is 941 g/mol. The maximum absolute atomic E-state index is 12.5. The molecule has 3 N–H and O–H groups in total. The van der Waals surface area contributed by atoms with Gasteiger partial charge in [0.1, 0.15) is 0 Å². The van der Waals surface area contributed by atoms with E-state index in [1.165, 1.54) is 199 Å². The molecule has 0 bridgehead atoms. The van der Waals surface area contributed by atoms with Crippen LogP contribution in [-0.4, -0.2) is 47.4 Å². The van der Waals surface area contributed by atoms with E-state index in [0.717, 1.165) is 64.2 Å². The van der Waals surface area contributed by atoms with Crippen LogP contribution in [0.15, 0.2) is 48.6 Å². The fourth-order valence-electron chi connectivity index (χ4n) is 8.85. The molecule has 67 heavy (non-hydrogen) atoms. The molecule has 6 heteroatoms. The minimum absolute atomic E-state index is 0.0322. The molecule has 0 radical (unpaired) electrons. The third-order valence-corrected chi connectivity index (χ3v) is 13.3. The fraction of sp³-hybridized carbons (Fsp3) is 0.836. The first-order chi connectivity index (χ1) is 33.0. The van der Waals surface area contributed by atoms with Gasteiger partial charge in [-0.15, -0.1) is 0 Å². The summed E-state index contributed by atoms with van der Waals surface area (Å²) in [4.78, 5) is 24.5. The third-order valence-electron chi connectivity index (χ3n) is 13.3. The third kappa shape index (κ3) is 53.0. The lowest BCUT2D eigenvalue weighted by molar-refractivity contribution is -0.143. The first-order valence-corrected chi connectivity index (χ1v) is 29.4. The largest absolute Gasteiger partial charge is 0.466 e. The average Bonchev–Trinajstić information content (AvgIpc) is 3.33. The van der Waals surface area contributed by atoms with Crippen LogP contribution in [-0.2, 0) is 14.3 Å². The molecule has 0 aliphatic heterocycles. The quantitative estimate of drug-likeness (QED) is 0.0321. The van der Waals surface area contributed by atoms with Crippen molar-refractivity contribution in [1.82, 2.24) is 5.32 Å². The second-order valence-electron chi connectivity index (χ2n) is 20.0. The van der Waals surface area contributed by atoms with Crippen molar-refractivity contribution in [3.8, 4) is 0 Å². The van der Waals surface area contributed by atoms with Gasteiger partial charge in [-0.25, -0.2) is 0 Å². The molecule has 2 unspecified atom stereocenters. The predicted molar refractivity (Wildman–Crippen MR) is 292 cm³/mol. The highest BCUT2D eigenvalue weighted by Gasteiger charge is 2.19. The number of rotatable bonds is 54. The number of hydrogen-bond donors (Lipinski definition) is 3. The smallest absolute Gasteiger partial charge is 0.305 e. The number of allylic oxidation sites excluding steroid dienone is 8. The standard InChI is InChI=1S/C61H113NO5/c1-3-5-7-9-11-13-15-17-18-19-20-21-22-23-24-25-26-27-30-33-37-41-45-49-53-59(64)58(57-63)62-60(65)54-50-46-42-38-34-31-28-32-36-40-44-48-52-56-67-61(66)55-51-47-43-39-35-29-16-14-12-10-8-6-4-2/h8,10,14,16,31,34,42,46,58-59,63-64H,3-7,9,11-13,15,17-30,32-33,35-41,43-45,47-57H2,1-2H3,(H,62,65)/b10-8-,16-14-,34-31-,46-42-. The summed E-state index contributed by atoms with van der Waals surface area (Å²) < 4.78 is 5.44. The minimum Gasteiger partial charge on any atom is -0.466 e. The van der Waals surface area contributed by atoms with Gasteiger partial charge in [-0.1, -0.05) is 268 Å². The Morgan fingerprint density at radius 1 is 0.418 bits per heavy atom. The van der Waals surface area contributed by atoms with Crippen molar-refractivity contribution in [2.75, 3.05) is 13.2 Å². The van der Waals surface area contributed by atoms with E-state index in [4.69, 9.17) is 4.74 Å². The second-order valence-corrected chi connectivity index (χ2v) is 20.0. The predicted octanol–water partition coefficient (Wildman–Crippen LogP) is 18.2. The zero-order chi connectivity index (χ0) is 48.6. The number of amides is 1. The van der Waals surface area contributed by atoms with E-state index in [9.17, 15) is 19.8 Å². The Labute approximate surface area is 416 Å². The van der Waals surface area contributed by atoms with Crippen LogP contribution in [0.25, 0.3) is 0 Å². The summed E-state index contributed by atoms with van der Waals surface area (Å²) >= 11 is 0. The molecule has 6 nitrogen and oxygen atoms in total. The SMILES string of the molecule is CCC/C=C\C/C=C\CCCCCCCC(=O)OCCCCCCCC/C=C\C/C=C\CCC(=O)NC(CO)C(O)CCCCCCCCCCCCCCCCCCCCCCCCCC. The van der Waals surface area contributed by atoms with Gasteiger partial charge in [-0.05, 0) is 70.6 Å². The van der Waals surface area contributed by atoms with Gasteiger partial charge in [0.2, 0.25) is 5.91 Å². The van der Waals surface area contributed by atoms with Gasteiger partial charge in [0.25, 0.3) is 0 Å². The Kier molecular flexibility index (Phi) is 54.6. The van der Waals surface area contributed by atoms with E-state index in [1.54, 1.807) is 0 Å². The van der Waals surface area contributed by atoms with Gasteiger partial charge in [-0.2, -0.15) is 0 Å². The molecule has 0 aliphatic rings. The van der Waals surface area contributed by atoms with Crippen LogP contribution < -0.4 is 5.32 Å². The molecule has 392 valence electrons. The molecular weight excluding hydrogens is 827 g/mol. The Hall–Kier alpha value is -2.18. The molecule has 0 aromatic rings. The van der Waals surface area contributed by atoms with E-state index in [1.807, 2.05) is 6.08 Å². The van der Waals surface area contributed by atoms with Crippen molar-refractivity contribution in [2.45, 2.75) is 315 Å². The zero-order valence-electron chi connectivity index (χ0n) is 44.6. The monoisotopic (exact) mass is 940 g/mol. The fourth-order valence-corrected chi connectivity index (χ4v) is 8.85. The Morgan fingerprint density at radius 2 is 0.791 bits per heavy atom. The number of carbonyl (C=O) groups is 2. The molecular formula is C61H113NO5. The van der Waals surface area contributed by atoms with Crippen molar-refractivity contribution in [1.29, 1.82) is 0 Å². The number of ether oxygens (including phenoxy) is 1. The first kappa shape index (κ1) is 64.8. The lowest BCUT2D eigenvalue weighted by atomic mass is 10.0. The van der Waals surface area contributed by atoms with E-state index < -0.39 is 12.1 Å². The van der Waals surface area contributed by atoms with E-state index in [-0.39, 0.29) is 18.5 Å². The molecule has 0 heterocycles. The minimum atomic E-state index is -0.702. The van der Waals surface area contributed by atoms with Crippen LogP contribution in [0.2, 0.25) is 0 Å². The molecule has 0 aliphatic carbocycles. The number of esters is 1. The summed E-state index contributed by atoms with van der Waals surface area (Å²) in [7, 11) is 0. The van der Waals surface area contributed by atoms with Crippen LogP contribution in [0.4, 0.5) is 0 Å². The molecule has 0 aromatic heterocycles. The van der Waals surface area contributed by atoms with Crippen LogP contribution in [0, 0.1) is 0 Å². The molecule has 0 saturated heterocycles. The van der Waals surface area contributed by atoms with Crippen molar-refractivity contribution in [3.05, 3.63) is 48.6 Å². The molecule has 0 rings (SSSR count). The highest BCUT2D eigenvalue weighted by Crippen LogP contribution is 2.17. The van der Waals surface area contributed by atoms with Gasteiger partial charge in [-0.3, -0.25) is 9.59 Å². The number of unbranched alkanes of at least 4 members (excludes halogenated alkanes) is 35. The summed E-state index contributed by atoms with van der Waals surface area (Å²) in [6.07, 6.45) is 71.2. The summed E-state index contributed by atoms with van der Waals surface area (Å²) in [5.41, 5.74) is 0. The number of carbonyl (C=O) groups excluding carboxylic acids is 2. The molecule has 0 fully saturated rings. The summed E-state index contributed by atoms with van der Waals surface area (Å²) in [6, 6.07) is -0.588. The molecule has 0 aromatic carbocycles. The van der Waals surface area contributed by atoms with Gasteiger partial charge in [0.15, 0.2) is 0 Å². The first-order valence-electron chi connectivity index (χ1n) is 29.4. The Morgan fingerprint density at radius 3 is 1.22 bits per heavy atom. The summed E-state index contributed by atoms with van der Waals surface area (Å²) in [5, 5.41) is 23.3. The highest BCUT2D eigenvalue weighted by atomic mass is 16.5. The second kappa shape index (κ2) is 56.4. The van der Waals surface area contributed by atoms with Crippen molar-refractivity contribution >= 4 is 11.9 Å². The maximum atomic E-state index is 12.5. The number of nitrogens with one attached hydrogen (secondary N) is 1. The lowest BCUT2D eigenvalue weighted by Crippen LogP contribution is -2.45. The van der Waals surface area contributed by atoms with Crippen LogP contribution in [0.1, 0.15) is 303 Å². The topological polar surface area (TPSA) is 95.9 Å². The molecule has 0 saturated carbocycles. The van der Waals surface area contributed by atoms with Crippen molar-refractivity contribution in [3.63, 3.8) is 0 Å². The molecule has 2 atom stereocenters. The zero-order valence-corrected chi connectivity index (χ0v) is 44.6. The Balaban J connectivity index is 3.54. The van der Waals surface area contributed by atoms with Crippen LogP contribution >= 0.6 is 0 Å². The Bertz CT molecular complexity index is 1130. The number of hydrogen-bond acceptors (Lipinski definition) is 5. The summed E-state index contributed by atoms with van der Waals surface area (Å²) in [6.45, 7) is 4.83. The number of aliphatic hydroxyl groups excluding tert-OH is 2. The van der Waals surface area contributed by atoms with Gasteiger partial charge in [0, 0.05) is 12.8 Å². The van der Waals surface area contributed by atoms with Gasteiger partial charge >= 0.3 is 5.97 Å². The maximum Gasteiger partial charge on any atom is 0.305 e. The highest BCUT2D eigenvalue weighted by molar-refractivity contribution is 5.76. The number of aliphatic hydroxyl groups is 2. The summed E-state index contributed by atoms with van der Waals surface area (Å²) in [5.74, 6) is -0.147. The van der Waals surface area contributed by atoms with Crippen LogP contribution in [0.3, 0.4) is 0 Å². The normalized spacial score (nSPS) is 13.0. The van der Waals surface area contributed by atoms with Gasteiger partial charge < -0.3 is 20.3 Å². The van der Waals surface area contributed by atoms with E-state index in [0.29, 0.717) is 32.3 Å². The molecule has 1 amide bonds. The van der Waals surface area contributed by atoms with E-state index >= 15 is 0 Å². The van der Waals surface area contributed by atoms with Crippen molar-refractivity contribution < 1.29 is 24.5 Å². The lowest BCUT2D eigenvalue weighted by Gasteiger charge is -2.22.